The molecule has 0 aliphatic carbocycles. The van der Waals surface area contributed by atoms with Crippen LogP contribution in [-0.2, 0) is 0 Å². The standard InChI is InChI=1S/C9H7N5/c1-2-10-9-7(1)8(11-5-12-9)6-3-13-14-4-6/h1-5H,(H,13,14)(H,10,11,12)/i1D,2D,3D,4D,5D. The van der Waals surface area contributed by atoms with Crippen LogP contribution in [0.4, 0.5) is 0 Å². The van der Waals surface area contributed by atoms with Crippen LogP contribution in [0, 0.1) is 0 Å². The van der Waals surface area contributed by atoms with Crippen LogP contribution >= 0.6 is 0 Å². The number of nitrogens with one attached hydrogen (secondary N) is 2. The first-order valence-corrected chi connectivity index (χ1v) is 3.84. The first kappa shape index (κ1) is 3.91. The van der Waals surface area contributed by atoms with Crippen LogP contribution in [0.5, 0.6) is 0 Å². The molecular formula is C9H7N5. The fourth-order valence-electron chi connectivity index (χ4n) is 1.20. The van der Waals surface area contributed by atoms with Gasteiger partial charge in [0.15, 0.2) is 0 Å². The molecule has 3 aromatic heterocycles. The molecule has 68 valence electrons. The molecule has 0 aliphatic heterocycles. The van der Waals surface area contributed by atoms with E-state index in [1.165, 1.54) is 0 Å². The van der Waals surface area contributed by atoms with E-state index in [-0.39, 0.29) is 53.2 Å². The van der Waals surface area contributed by atoms with Crippen LogP contribution in [0.15, 0.2) is 30.9 Å². The van der Waals surface area contributed by atoms with Gasteiger partial charge in [-0.05, 0) is 6.04 Å². The van der Waals surface area contributed by atoms with E-state index in [9.17, 15) is 0 Å². The maximum Gasteiger partial charge on any atom is 0.141 e. The number of fused-ring (bicyclic) bond motifs is 1. The lowest BCUT2D eigenvalue weighted by Crippen LogP contribution is -1.85. The Bertz CT molecular complexity index is 772. The fraction of sp³-hybridized carbons (Fsp3) is 0. The second-order valence-electron chi connectivity index (χ2n) is 2.61. The number of nitrogens with zero attached hydrogens (tertiary/aromatic N) is 3. The molecule has 0 unspecified atom stereocenters. The van der Waals surface area contributed by atoms with Crippen molar-refractivity contribution in [2.45, 2.75) is 0 Å². The summed E-state index contributed by atoms with van der Waals surface area (Å²) in [6, 6.07) is -0.134. The third-order valence-corrected chi connectivity index (χ3v) is 1.81. The minimum atomic E-state index is -0.316. The molecular weight excluding hydrogens is 178 g/mol. The minimum Gasteiger partial charge on any atom is -0.346 e. The van der Waals surface area contributed by atoms with Gasteiger partial charge in [0.25, 0.3) is 0 Å². The van der Waals surface area contributed by atoms with Crippen molar-refractivity contribution in [2.24, 2.45) is 0 Å². The highest BCUT2D eigenvalue weighted by Crippen LogP contribution is 2.22. The number of aromatic amines is 2. The SMILES string of the molecule is [2H]c1nc(-c2c([2H])n[nH]c2[2H])c2c([2H])c([2H])[nH]c2n1. The average molecular weight is 190 g/mol. The summed E-state index contributed by atoms with van der Waals surface area (Å²) in [4.78, 5) is 10.2. The zero-order valence-corrected chi connectivity index (χ0v) is 6.84. The maximum absolute atomic E-state index is 7.81. The van der Waals surface area contributed by atoms with Gasteiger partial charge in [0, 0.05) is 23.3 Å². The third-order valence-electron chi connectivity index (χ3n) is 1.81. The molecule has 0 bridgehead atoms. The summed E-state index contributed by atoms with van der Waals surface area (Å²) in [5, 5.41) is 6.13. The highest BCUT2D eigenvalue weighted by molar-refractivity contribution is 5.89. The first-order chi connectivity index (χ1) is 8.99. The molecule has 3 heterocycles. The predicted molar refractivity (Wildman–Crippen MR) is 51.5 cm³/mol. The summed E-state index contributed by atoms with van der Waals surface area (Å²) in [6.45, 7) is 0. The molecule has 5 heteroatoms. The van der Waals surface area contributed by atoms with Gasteiger partial charge in [0.1, 0.15) is 13.3 Å². The lowest BCUT2D eigenvalue weighted by molar-refractivity contribution is 1.09. The molecule has 0 amide bonds. The second-order valence-corrected chi connectivity index (χ2v) is 2.61. The Hall–Kier alpha value is -2.17. The second kappa shape index (κ2) is 2.66. The van der Waals surface area contributed by atoms with E-state index < -0.39 is 0 Å². The third kappa shape index (κ3) is 0.922. The molecule has 0 fully saturated rings. The van der Waals surface area contributed by atoms with Crippen LogP contribution in [0.3, 0.4) is 0 Å². The average Bonchev–Trinajstić information content (AvgIpc) is 2.80. The maximum atomic E-state index is 7.81. The Morgan fingerprint density at radius 1 is 1.36 bits per heavy atom. The molecule has 2 N–H and O–H groups in total. The quantitative estimate of drug-likeness (QED) is 0.608. The van der Waals surface area contributed by atoms with Crippen molar-refractivity contribution in [3.05, 3.63) is 30.9 Å². The number of hydrogen-bond acceptors (Lipinski definition) is 3. The van der Waals surface area contributed by atoms with Crippen LogP contribution in [0.1, 0.15) is 6.85 Å². The molecule has 5 nitrogen and oxygen atoms in total. The van der Waals surface area contributed by atoms with Gasteiger partial charge in [-0.3, -0.25) is 5.10 Å². The van der Waals surface area contributed by atoms with Gasteiger partial charge >= 0.3 is 0 Å². The summed E-state index contributed by atoms with van der Waals surface area (Å²) in [5.74, 6) is 0. The number of aromatic nitrogens is 5. The summed E-state index contributed by atoms with van der Waals surface area (Å²) in [7, 11) is 0. The molecule has 0 spiro atoms. The van der Waals surface area contributed by atoms with E-state index in [0.29, 0.717) is 0 Å². The van der Waals surface area contributed by atoms with Gasteiger partial charge in [-0.15, -0.1) is 0 Å². The van der Waals surface area contributed by atoms with Gasteiger partial charge in [0.2, 0.25) is 0 Å². The van der Waals surface area contributed by atoms with Crippen molar-refractivity contribution < 1.29 is 6.85 Å². The van der Waals surface area contributed by atoms with E-state index in [1.54, 1.807) is 0 Å². The highest BCUT2D eigenvalue weighted by Gasteiger charge is 2.06. The van der Waals surface area contributed by atoms with Gasteiger partial charge in [-0.25, -0.2) is 9.97 Å². The largest absolute Gasteiger partial charge is 0.346 e. The lowest BCUT2D eigenvalue weighted by atomic mass is 10.2. The van der Waals surface area contributed by atoms with Gasteiger partial charge in [-0.1, -0.05) is 0 Å². The van der Waals surface area contributed by atoms with Gasteiger partial charge in [-0.2, -0.15) is 5.10 Å². The van der Waals surface area contributed by atoms with E-state index in [0.717, 1.165) is 0 Å². The van der Waals surface area contributed by atoms with Gasteiger partial charge in [0.05, 0.1) is 17.3 Å². The molecule has 0 saturated heterocycles. The number of H-pyrrole nitrogens is 2. The molecule has 0 saturated carbocycles. The van der Waals surface area contributed by atoms with Crippen molar-refractivity contribution in [3.63, 3.8) is 0 Å². The Morgan fingerprint density at radius 3 is 3.21 bits per heavy atom. The summed E-state index contributed by atoms with van der Waals surface area (Å²) in [5.41, 5.74) is 0.358. The lowest BCUT2D eigenvalue weighted by Gasteiger charge is -1.96. The van der Waals surface area contributed by atoms with Crippen molar-refractivity contribution >= 4 is 11.0 Å². The Balaban J connectivity index is 2.47. The highest BCUT2D eigenvalue weighted by atomic mass is 15.1. The minimum absolute atomic E-state index is 0.0911. The molecule has 0 radical (unpaired) electrons. The zero-order valence-electron chi connectivity index (χ0n) is 11.8. The van der Waals surface area contributed by atoms with Gasteiger partial charge < -0.3 is 4.98 Å². The molecule has 0 atom stereocenters. The van der Waals surface area contributed by atoms with Crippen molar-refractivity contribution in [2.75, 3.05) is 0 Å². The smallest absolute Gasteiger partial charge is 0.141 e. The van der Waals surface area contributed by atoms with E-state index in [2.05, 4.69) is 25.1 Å². The van der Waals surface area contributed by atoms with E-state index in [1.807, 2.05) is 0 Å². The molecule has 14 heavy (non-hydrogen) atoms. The first-order valence-electron chi connectivity index (χ1n) is 6.34. The Kier molecular flexibility index (Phi) is 0.744. The van der Waals surface area contributed by atoms with Crippen molar-refractivity contribution in [1.82, 2.24) is 25.1 Å². The van der Waals surface area contributed by atoms with Crippen LogP contribution < -0.4 is 0 Å². The van der Waals surface area contributed by atoms with Crippen LogP contribution in [0.2, 0.25) is 0 Å². The number of hydrogen-bond donors (Lipinski definition) is 2. The van der Waals surface area contributed by atoms with Crippen LogP contribution in [0.25, 0.3) is 22.3 Å². The van der Waals surface area contributed by atoms with Crippen LogP contribution in [-0.4, -0.2) is 25.1 Å². The summed E-state index contributed by atoms with van der Waals surface area (Å²) in [6.07, 6.45) is -0.797. The Labute approximate surface area is 86.2 Å². The summed E-state index contributed by atoms with van der Waals surface area (Å²) < 4.78 is 38.2. The fourth-order valence-corrected chi connectivity index (χ4v) is 1.20. The molecule has 0 aliphatic rings. The molecule has 3 aromatic rings. The monoisotopic (exact) mass is 190 g/mol. The summed E-state index contributed by atoms with van der Waals surface area (Å²) >= 11 is 0. The zero-order chi connectivity index (χ0) is 13.7. The predicted octanol–water partition coefficient (Wildman–Crippen LogP) is 1.35. The normalized spacial score (nSPS) is 15.9. The van der Waals surface area contributed by atoms with E-state index in [4.69, 9.17) is 6.85 Å². The number of rotatable bonds is 1. The van der Waals surface area contributed by atoms with E-state index >= 15 is 0 Å². The van der Waals surface area contributed by atoms with Crippen molar-refractivity contribution in [1.29, 1.82) is 0 Å². The Morgan fingerprint density at radius 2 is 2.36 bits per heavy atom. The molecule has 0 aromatic carbocycles. The topological polar surface area (TPSA) is 70.2 Å². The van der Waals surface area contributed by atoms with Crippen molar-refractivity contribution in [3.8, 4) is 11.3 Å². The molecule has 3 rings (SSSR count).